The first-order valence-corrected chi connectivity index (χ1v) is 6.54. The fourth-order valence-electron chi connectivity index (χ4n) is 1.86. The number of aromatic nitrogens is 1. The van der Waals surface area contributed by atoms with Gasteiger partial charge in [-0.2, -0.15) is 0 Å². The Bertz CT molecular complexity index is 727. The van der Waals surface area contributed by atoms with Gasteiger partial charge in [0.1, 0.15) is 6.61 Å². The van der Waals surface area contributed by atoms with Gasteiger partial charge in [0, 0.05) is 23.6 Å². The Morgan fingerprint density at radius 1 is 1.33 bits per heavy atom. The van der Waals surface area contributed by atoms with Crippen molar-refractivity contribution < 1.29 is 9.90 Å². The van der Waals surface area contributed by atoms with Crippen LogP contribution in [0.25, 0.3) is 0 Å². The summed E-state index contributed by atoms with van der Waals surface area (Å²) in [6, 6.07) is 7.41. The number of amides is 1. The van der Waals surface area contributed by atoms with E-state index in [1.165, 1.54) is 6.20 Å². The highest BCUT2D eigenvalue weighted by molar-refractivity contribution is 6.04. The van der Waals surface area contributed by atoms with E-state index >= 15 is 0 Å². The number of aliphatic hydroxyl groups is 1. The van der Waals surface area contributed by atoms with Crippen LogP contribution in [-0.2, 0) is 0 Å². The van der Waals surface area contributed by atoms with Crippen molar-refractivity contribution in [2.75, 3.05) is 11.9 Å². The number of aryl methyl sites for hydroxylation is 1. The normalized spacial score (nSPS) is 9.67. The van der Waals surface area contributed by atoms with Crippen molar-refractivity contribution >= 4 is 11.6 Å². The van der Waals surface area contributed by atoms with Gasteiger partial charge in [-0.1, -0.05) is 24.0 Å². The highest BCUT2D eigenvalue weighted by Gasteiger charge is 2.09. The summed E-state index contributed by atoms with van der Waals surface area (Å²) in [6.45, 7) is 3.74. The Morgan fingerprint density at radius 2 is 2.14 bits per heavy atom. The fourth-order valence-corrected chi connectivity index (χ4v) is 1.86. The minimum Gasteiger partial charge on any atom is -0.384 e. The molecule has 0 radical (unpaired) electrons. The van der Waals surface area contributed by atoms with Crippen LogP contribution in [0, 0.1) is 25.7 Å². The summed E-state index contributed by atoms with van der Waals surface area (Å²) in [4.78, 5) is 16.3. The maximum absolute atomic E-state index is 12.3. The predicted molar refractivity (Wildman–Crippen MR) is 82.1 cm³/mol. The van der Waals surface area contributed by atoms with Gasteiger partial charge in [-0.3, -0.25) is 9.78 Å². The van der Waals surface area contributed by atoms with Gasteiger partial charge in [-0.05, 0) is 37.1 Å². The quantitative estimate of drug-likeness (QED) is 0.830. The molecule has 4 heteroatoms. The van der Waals surface area contributed by atoms with Crippen molar-refractivity contribution in [2.45, 2.75) is 13.8 Å². The lowest BCUT2D eigenvalue weighted by Crippen LogP contribution is -2.13. The number of nitrogens with one attached hydrogen (secondary N) is 1. The van der Waals surface area contributed by atoms with Crippen LogP contribution < -0.4 is 5.32 Å². The number of pyridine rings is 1. The third kappa shape index (κ3) is 3.68. The highest BCUT2D eigenvalue weighted by Crippen LogP contribution is 2.18. The third-order valence-electron chi connectivity index (χ3n) is 3.17. The molecule has 2 N–H and O–H groups in total. The Labute approximate surface area is 123 Å². The van der Waals surface area contributed by atoms with Crippen molar-refractivity contribution in [1.29, 1.82) is 0 Å². The molecule has 21 heavy (non-hydrogen) atoms. The van der Waals surface area contributed by atoms with Crippen LogP contribution in [0.15, 0.2) is 36.7 Å². The Kier molecular flexibility index (Phi) is 4.70. The molecule has 0 atom stereocenters. The molecule has 1 amide bonds. The molecule has 0 aliphatic rings. The molecule has 1 aromatic heterocycles. The molecule has 4 nitrogen and oxygen atoms in total. The van der Waals surface area contributed by atoms with Gasteiger partial charge in [-0.25, -0.2) is 0 Å². The van der Waals surface area contributed by atoms with Crippen LogP contribution >= 0.6 is 0 Å². The number of rotatable bonds is 2. The van der Waals surface area contributed by atoms with Gasteiger partial charge in [0.05, 0.1) is 5.56 Å². The summed E-state index contributed by atoms with van der Waals surface area (Å²) in [6.07, 6.45) is 3.04. The van der Waals surface area contributed by atoms with Crippen molar-refractivity contribution in [2.24, 2.45) is 0 Å². The molecule has 0 aliphatic carbocycles. The summed E-state index contributed by atoms with van der Waals surface area (Å²) in [5.74, 6) is 5.03. The molecular formula is C17H16N2O2. The second-order valence-corrected chi connectivity index (χ2v) is 4.62. The van der Waals surface area contributed by atoms with Gasteiger partial charge in [0.15, 0.2) is 0 Å². The second-order valence-electron chi connectivity index (χ2n) is 4.62. The molecule has 2 rings (SSSR count). The zero-order chi connectivity index (χ0) is 15.2. The number of nitrogens with zero attached hydrogens (tertiary/aromatic N) is 1. The molecule has 0 saturated heterocycles. The fraction of sp³-hybridized carbons (Fsp3) is 0.176. The Balaban J connectivity index is 2.22. The van der Waals surface area contributed by atoms with Gasteiger partial charge in [0.25, 0.3) is 5.91 Å². The first kappa shape index (κ1) is 14.8. The van der Waals surface area contributed by atoms with Crippen LogP contribution in [0.4, 0.5) is 5.69 Å². The van der Waals surface area contributed by atoms with Crippen LogP contribution in [-0.4, -0.2) is 22.6 Å². The van der Waals surface area contributed by atoms with E-state index in [9.17, 15) is 4.79 Å². The lowest BCUT2D eigenvalue weighted by atomic mass is 10.1. The van der Waals surface area contributed by atoms with Crippen molar-refractivity contribution in [3.8, 4) is 11.8 Å². The maximum Gasteiger partial charge on any atom is 0.257 e. The van der Waals surface area contributed by atoms with Crippen molar-refractivity contribution in [3.05, 3.63) is 58.9 Å². The lowest BCUT2D eigenvalue weighted by Gasteiger charge is -2.10. The zero-order valence-electron chi connectivity index (χ0n) is 12.0. The molecule has 0 spiro atoms. The van der Waals surface area contributed by atoms with E-state index in [4.69, 9.17) is 5.11 Å². The van der Waals surface area contributed by atoms with E-state index in [1.807, 2.05) is 32.0 Å². The van der Waals surface area contributed by atoms with Gasteiger partial charge >= 0.3 is 0 Å². The Morgan fingerprint density at radius 3 is 2.90 bits per heavy atom. The number of carbonyl (C=O) groups excluding carboxylic acids is 1. The summed E-state index contributed by atoms with van der Waals surface area (Å²) in [7, 11) is 0. The smallest absolute Gasteiger partial charge is 0.257 e. The summed E-state index contributed by atoms with van der Waals surface area (Å²) in [5, 5.41) is 11.6. The van der Waals surface area contributed by atoms with E-state index < -0.39 is 0 Å². The summed E-state index contributed by atoms with van der Waals surface area (Å²) in [5.41, 5.74) is 3.97. The standard InChI is InChI=1S/C17H16N2O2/c1-12-5-3-7-16(13(12)2)19-17(21)15-9-14(6-4-8-20)10-18-11-15/h3,5,7,9-11,20H,8H2,1-2H3,(H,19,21). The molecule has 2 aromatic rings. The molecule has 1 aromatic carbocycles. The molecule has 106 valence electrons. The number of carbonyl (C=O) groups is 1. The SMILES string of the molecule is Cc1cccc(NC(=O)c2cncc(C#CCO)c2)c1C. The molecule has 0 fully saturated rings. The monoisotopic (exact) mass is 280 g/mol. The molecular weight excluding hydrogens is 264 g/mol. The number of anilines is 1. The molecule has 1 heterocycles. The van der Waals surface area contributed by atoms with E-state index in [1.54, 1.807) is 12.3 Å². The number of benzene rings is 1. The van der Waals surface area contributed by atoms with E-state index in [0.717, 1.165) is 16.8 Å². The topological polar surface area (TPSA) is 62.2 Å². The first-order chi connectivity index (χ1) is 10.1. The van der Waals surface area contributed by atoms with Crippen molar-refractivity contribution in [3.63, 3.8) is 0 Å². The summed E-state index contributed by atoms with van der Waals surface area (Å²) >= 11 is 0. The van der Waals surface area contributed by atoms with E-state index in [-0.39, 0.29) is 12.5 Å². The van der Waals surface area contributed by atoms with Crippen molar-refractivity contribution in [1.82, 2.24) is 4.98 Å². The van der Waals surface area contributed by atoms with Gasteiger partial charge in [0.2, 0.25) is 0 Å². The van der Waals surface area contributed by atoms with Gasteiger partial charge < -0.3 is 10.4 Å². The van der Waals surface area contributed by atoms with Crippen LogP contribution in [0.1, 0.15) is 27.0 Å². The molecule has 0 bridgehead atoms. The summed E-state index contributed by atoms with van der Waals surface area (Å²) < 4.78 is 0. The van der Waals surface area contributed by atoms with Crippen LogP contribution in [0.2, 0.25) is 0 Å². The second kappa shape index (κ2) is 6.69. The first-order valence-electron chi connectivity index (χ1n) is 6.54. The number of hydrogen-bond donors (Lipinski definition) is 2. The lowest BCUT2D eigenvalue weighted by molar-refractivity contribution is 0.102. The third-order valence-corrected chi connectivity index (χ3v) is 3.17. The zero-order valence-corrected chi connectivity index (χ0v) is 12.0. The predicted octanol–water partition coefficient (Wildman–Crippen LogP) is 2.29. The van der Waals surface area contributed by atoms with Gasteiger partial charge in [-0.15, -0.1) is 0 Å². The number of aliphatic hydroxyl groups excluding tert-OH is 1. The Hall–Kier alpha value is -2.64. The average molecular weight is 280 g/mol. The minimum atomic E-state index is -0.233. The van der Waals surface area contributed by atoms with Crippen LogP contribution in [0.3, 0.4) is 0 Å². The van der Waals surface area contributed by atoms with Crippen LogP contribution in [0.5, 0.6) is 0 Å². The molecule has 0 aliphatic heterocycles. The largest absolute Gasteiger partial charge is 0.384 e. The molecule has 0 saturated carbocycles. The van der Waals surface area contributed by atoms with E-state index in [0.29, 0.717) is 11.1 Å². The molecule has 0 unspecified atom stereocenters. The maximum atomic E-state index is 12.3. The average Bonchev–Trinajstić information content (AvgIpc) is 2.50. The highest BCUT2D eigenvalue weighted by atomic mass is 16.2. The minimum absolute atomic E-state index is 0.223. The number of hydrogen-bond acceptors (Lipinski definition) is 3. The van der Waals surface area contributed by atoms with E-state index in [2.05, 4.69) is 22.1 Å².